The SMILES string of the molecule is CCc1ccc(OC)c(C=CC(=O)c2c(OC)ccc(OC)c2OC)c1. The Morgan fingerprint density at radius 1 is 0.885 bits per heavy atom. The zero-order chi connectivity index (χ0) is 19.1. The van der Waals surface area contributed by atoms with Crippen molar-refractivity contribution in [1.29, 1.82) is 0 Å². The maximum absolute atomic E-state index is 12.9. The fourth-order valence-electron chi connectivity index (χ4n) is 2.70. The van der Waals surface area contributed by atoms with Gasteiger partial charge < -0.3 is 18.9 Å². The molecule has 5 nitrogen and oxygen atoms in total. The Balaban J connectivity index is 2.46. The van der Waals surface area contributed by atoms with Crippen LogP contribution in [-0.2, 0) is 6.42 Å². The Hall–Kier alpha value is -2.95. The van der Waals surface area contributed by atoms with Gasteiger partial charge in [-0.25, -0.2) is 0 Å². The molecule has 0 amide bonds. The van der Waals surface area contributed by atoms with Gasteiger partial charge in [-0.15, -0.1) is 0 Å². The third-order valence-corrected chi connectivity index (χ3v) is 4.09. The average Bonchev–Trinajstić information content (AvgIpc) is 2.70. The summed E-state index contributed by atoms with van der Waals surface area (Å²) in [5.74, 6) is 1.69. The maximum Gasteiger partial charge on any atom is 0.193 e. The van der Waals surface area contributed by atoms with Gasteiger partial charge in [0.1, 0.15) is 17.1 Å². The lowest BCUT2D eigenvalue weighted by Gasteiger charge is -2.14. The summed E-state index contributed by atoms with van der Waals surface area (Å²) in [4.78, 5) is 12.9. The van der Waals surface area contributed by atoms with Crippen molar-refractivity contribution in [3.05, 3.63) is 53.1 Å². The first-order chi connectivity index (χ1) is 12.6. The molecule has 2 aromatic carbocycles. The molecule has 0 aliphatic rings. The topological polar surface area (TPSA) is 54.0 Å². The Kier molecular flexibility index (Phi) is 6.67. The maximum atomic E-state index is 12.9. The number of rotatable bonds is 8. The van der Waals surface area contributed by atoms with Crippen LogP contribution in [0.25, 0.3) is 6.08 Å². The predicted octanol–water partition coefficient (Wildman–Crippen LogP) is 4.18. The van der Waals surface area contributed by atoms with E-state index in [-0.39, 0.29) is 5.78 Å². The summed E-state index contributed by atoms with van der Waals surface area (Å²) in [5, 5.41) is 0. The van der Waals surface area contributed by atoms with E-state index in [1.54, 1.807) is 25.3 Å². The fraction of sp³-hybridized carbons (Fsp3) is 0.286. The molecule has 0 aliphatic carbocycles. The zero-order valence-corrected chi connectivity index (χ0v) is 15.8. The summed E-state index contributed by atoms with van der Waals surface area (Å²) in [6.45, 7) is 2.08. The molecular weight excluding hydrogens is 332 g/mol. The van der Waals surface area contributed by atoms with E-state index in [0.717, 1.165) is 17.5 Å². The number of ether oxygens (including phenoxy) is 4. The lowest BCUT2D eigenvalue weighted by atomic mass is 10.0. The lowest BCUT2D eigenvalue weighted by molar-refractivity contribution is 0.104. The average molecular weight is 356 g/mol. The molecule has 0 aromatic heterocycles. The molecule has 0 heterocycles. The molecule has 0 unspecified atom stereocenters. The molecule has 26 heavy (non-hydrogen) atoms. The number of methoxy groups -OCH3 is 4. The minimum atomic E-state index is -0.249. The Morgan fingerprint density at radius 3 is 2.08 bits per heavy atom. The molecule has 5 heteroatoms. The molecule has 0 atom stereocenters. The lowest BCUT2D eigenvalue weighted by Crippen LogP contribution is -2.04. The van der Waals surface area contributed by atoms with E-state index in [1.165, 1.54) is 27.4 Å². The van der Waals surface area contributed by atoms with Crippen molar-refractivity contribution in [2.75, 3.05) is 28.4 Å². The Bertz CT molecular complexity index is 808. The molecule has 138 valence electrons. The van der Waals surface area contributed by atoms with Gasteiger partial charge >= 0.3 is 0 Å². The van der Waals surface area contributed by atoms with Crippen LogP contribution < -0.4 is 18.9 Å². The third kappa shape index (κ3) is 3.99. The highest BCUT2D eigenvalue weighted by molar-refractivity contribution is 6.11. The van der Waals surface area contributed by atoms with Crippen LogP contribution in [0.2, 0.25) is 0 Å². The monoisotopic (exact) mass is 356 g/mol. The van der Waals surface area contributed by atoms with E-state index in [1.807, 2.05) is 18.2 Å². The van der Waals surface area contributed by atoms with Gasteiger partial charge in [0, 0.05) is 5.56 Å². The third-order valence-electron chi connectivity index (χ3n) is 4.09. The molecular formula is C21H24O5. The first kappa shape index (κ1) is 19.4. The Labute approximate surface area is 154 Å². The van der Waals surface area contributed by atoms with Crippen LogP contribution in [0.15, 0.2) is 36.4 Å². The number of carbonyl (C=O) groups is 1. The summed E-state index contributed by atoms with van der Waals surface area (Å²) in [5.41, 5.74) is 2.31. The highest BCUT2D eigenvalue weighted by atomic mass is 16.5. The number of aryl methyl sites for hydroxylation is 1. The number of benzene rings is 2. The van der Waals surface area contributed by atoms with Gasteiger partial charge in [-0.2, -0.15) is 0 Å². The quantitative estimate of drug-likeness (QED) is 0.525. The van der Waals surface area contributed by atoms with Crippen LogP contribution in [0.4, 0.5) is 0 Å². The smallest absolute Gasteiger partial charge is 0.193 e. The van der Waals surface area contributed by atoms with Crippen molar-refractivity contribution in [3.63, 3.8) is 0 Å². The van der Waals surface area contributed by atoms with Gasteiger partial charge in [-0.05, 0) is 48.4 Å². The number of ketones is 1. The van der Waals surface area contributed by atoms with Crippen LogP contribution in [0.1, 0.15) is 28.4 Å². The summed E-state index contributed by atoms with van der Waals surface area (Å²) < 4.78 is 21.4. The molecule has 0 saturated heterocycles. The van der Waals surface area contributed by atoms with Crippen molar-refractivity contribution in [3.8, 4) is 23.0 Å². The van der Waals surface area contributed by atoms with Gasteiger partial charge in [-0.3, -0.25) is 4.79 Å². The number of allylic oxidation sites excluding steroid dienone is 1. The number of carbonyl (C=O) groups excluding carboxylic acids is 1. The second-order valence-corrected chi connectivity index (χ2v) is 5.51. The first-order valence-corrected chi connectivity index (χ1v) is 8.27. The Morgan fingerprint density at radius 2 is 1.50 bits per heavy atom. The highest BCUT2D eigenvalue weighted by Gasteiger charge is 2.20. The van der Waals surface area contributed by atoms with Crippen LogP contribution >= 0.6 is 0 Å². The number of hydrogen-bond donors (Lipinski definition) is 0. The van der Waals surface area contributed by atoms with Gasteiger partial charge in [0.2, 0.25) is 0 Å². The molecule has 2 rings (SSSR count). The van der Waals surface area contributed by atoms with E-state index in [9.17, 15) is 4.79 Å². The van der Waals surface area contributed by atoms with E-state index in [2.05, 4.69) is 6.92 Å². The largest absolute Gasteiger partial charge is 0.496 e. The normalized spacial score (nSPS) is 10.7. The molecule has 0 radical (unpaired) electrons. The second-order valence-electron chi connectivity index (χ2n) is 5.51. The van der Waals surface area contributed by atoms with Gasteiger partial charge in [0.15, 0.2) is 17.3 Å². The molecule has 0 aliphatic heterocycles. The van der Waals surface area contributed by atoms with Crippen molar-refractivity contribution in [2.24, 2.45) is 0 Å². The van der Waals surface area contributed by atoms with Crippen molar-refractivity contribution < 1.29 is 23.7 Å². The predicted molar refractivity (Wildman–Crippen MR) is 102 cm³/mol. The van der Waals surface area contributed by atoms with E-state index in [4.69, 9.17) is 18.9 Å². The van der Waals surface area contributed by atoms with Crippen LogP contribution in [0.3, 0.4) is 0 Å². The molecule has 0 fully saturated rings. The molecule has 2 aromatic rings. The molecule has 0 saturated carbocycles. The molecule has 0 bridgehead atoms. The van der Waals surface area contributed by atoms with Crippen LogP contribution in [0.5, 0.6) is 23.0 Å². The zero-order valence-electron chi connectivity index (χ0n) is 15.8. The standard InChI is InChI=1S/C21H24O5/c1-6-14-7-10-17(23-2)15(13-14)8-9-16(22)20-18(24-3)11-12-19(25-4)21(20)26-5/h7-13H,6H2,1-5H3. The minimum Gasteiger partial charge on any atom is -0.496 e. The van der Waals surface area contributed by atoms with Gasteiger partial charge in [0.05, 0.1) is 28.4 Å². The van der Waals surface area contributed by atoms with Crippen molar-refractivity contribution >= 4 is 11.9 Å². The summed E-state index contributed by atoms with van der Waals surface area (Å²) in [6, 6.07) is 9.29. The second kappa shape index (κ2) is 8.94. The van der Waals surface area contributed by atoms with Crippen molar-refractivity contribution in [1.82, 2.24) is 0 Å². The van der Waals surface area contributed by atoms with Crippen molar-refractivity contribution in [2.45, 2.75) is 13.3 Å². The van der Waals surface area contributed by atoms with Crippen LogP contribution in [-0.4, -0.2) is 34.2 Å². The minimum absolute atomic E-state index is 0.249. The summed E-state index contributed by atoms with van der Waals surface area (Å²) in [6.07, 6.45) is 4.12. The van der Waals surface area contributed by atoms with E-state index in [0.29, 0.717) is 28.6 Å². The van der Waals surface area contributed by atoms with Gasteiger partial charge in [-0.1, -0.05) is 13.0 Å². The van der Waals surface area contributed by atoms with Crippen LogP contribution in [0, 0.1) is 0 Å². The first-order valence-electron chi connectivity index (χ1n) is 8.27. The molecule has 0 spiro atoms. The molecule has 0 N–H and O–H groups in total. The highest BCUT2D eigenvalue weighted by Crippen LogP contribution is 2.38. The van der Waals surface area contributed by atoms with E-state index >= 15 is 0 Å². The fourth-order valence-corrected chi connectivity index (χ4v) is 2.70. The van der Waals surface area contributed by atoms with E-state index < -0.39 is 0 Å². The summed E-state index contributed by atoms with van der Waals surface area (Å²) in [7, 11) is 6.13. The summed E-state index contributed by atoms with van der Waals surface area (Å²) >= 11 is 0. The van der Waals surface area contributed by atoms with Gasteiger partial charge in [0.25, 0.3) is 0 Å². The number of hydrogen-bond acceptors (Lipinski definition) is 5.